The molecular formula is C16H23N3O2. The molecule has 1 atom stereocenters. The first-order chi connectivity index (χ1) is 10.0. The highest BCUT2D eigenvalue weighted by atomic mass is 16.2. The first-order valence-electron chi connectivity index (χ1n) is 7.39. The van der Waals surface area contributed by atoms with Gasteiger partial charge in [-0.05, 0) is 18.9 Å². The van der Waals surface area contributed by atoms with Crippen LogP contribution in [0.15, 0.2) is 24.3 Å². The van der Waals surface area contributed by atoms with Crippen molar-refractivity contribution in [3.8, 4) is 0 Å². The van der Waals surface area contributed by atoms with Gasteiger partial charge in [-0.1, -0.05) is 36.8 Å². The summed E-state index contributed by atoms with van der Waals surface area (Å²) in [6.07, 6.45) is 0.863. The van der Waals surface area contributed by atoms with Gasteiger partial charge in [0.15, 0.2) is 0 Å². The molecule has 2 amide bonds. The summed E-state index contributed by atoms with van der Waals surface area (Å²) >= 11 is 0. The van der Waals surface area contributed by atoms with Crippen molar-refractivity contribution in [2.75, 3.05) is 26.2 Å². The number of aryl methyl sites for hydroxylation is 1. The average molecular weight is 289 g/mol. The van der Waals surface area contributed by atoms with E-state index in [1.807, 2.05) is 38.1 Å². The van der Waals surface area contributed by atoms with E-state index < -0.39 is 0 Å². The zero-order valence-electron chi connectivity index (χ0n) is 12.7. The molecule has 0 bridgehead atoms. The molecular weight excluding hydrogens is 266 g/mol. The van der Waals surface area contributed by atoms with E-state index in [0.717, 1.165) is 17.5 Å². The monoisotopic (exact) mass is 289 g/mol. The Morgan fingerprint density at radius 3 is 2.52 bits per heavy atom. The first-order valence-corrected chi connectivity index (χ1v) is 7.39. The Morgan fingerprint density at radius 2 is 1.86 bits per heavy atom. The quantitative estimate of drug-likeness (QED) is 0.882. The smallest absolute Gasteiger partial charge is 0.242 e. The third-order valence-corrected chi connectivity index (χ3v) is 3.74. The molecule has 1 aromatic rings. The lowest BCUT2D eigenvalue weighted by Crippen LogP contribution is -2.55. The van der Waals surface area contributed by atoms with Crippen LogP contribution in [0.3, 0.4) is 0 Å². The third-order valence-electron chi connectivity index (χ3n) is 3.74. The van der Waals surface area contributed by atoms with E-state index in [1.54, 1.807) is 9.80 Å². The molecule has 1 aromatic carbocycles. The SMILES string of the molecule is CCCN1CC(=O)N(CC(N)c2cccc(C)c2)CC1=O. The standard InChI is InChI=1S/C16H23N3O2/c1-3-7-18-10-16(21)19(11-15(18)20)9-14(17)13-6-4-5-12(2)8-13/h4-6,8,14H,3,7,9-11,17H2,1-2H3. The Hall–Kier alpha value is -1.88. The van der Waals surface area contributed by atoms with Crippen LogP contribution in [0, 0.1) is 6.92 Å². The molecule has 0 radical (unpaired) electrons. The Balaban J connectivity index is 2.00. The zero-order chi connectivity index (χ0) is 15.4. The van der Waals surface area contributed by atoms with Gasteiger partial charge in [0.25, 0.3) is 0 Å². The topological polar surface area (TPSA) is 66.6 Å². The molecule has 1 unspecified atom stereocenters. The summed E-state index contributed by atoms with van der Waals surface area (Å²) in [6.45, 7) is 5.34. The molecule has 0 aliphatic carbocycles. The van der Waals surface area contributed by atoms with E-state index in [1.165, 1.54) is 0 Å². The summed E-state index contributed by atoms with van der Waals surface area (Å²) in [5.74, 6) is -0.0148. The predicted octanol–water partition coefficient (Wildman–Crippen LogP) is 1.08. The van der Waals surface area contributed by atoms with Crippen LogP contribution in [0.25, 0.3) is 0 Å². The highest BCUT2D eigenvalue weighted by Gasteiger charge is 2.30. The number of amides is 2. The molecule has 1 heterocycles. The number of nitrogens with two attached hydrogens (primary N) is 1. The summed E-state index contributed by atoms with van der Waals surface area (Å²) < 4.78 is 0. The van der Waals surface area contributed by atoms with Crippen molar-refractivity contribution in [1.82, 2.24) is 9.80 Å². The van der Waals surface area contributed by atoms with Crippen LogP contribution in [-0.4, -0.2) is 47.8 Å². The van der Waals surface area contributed by atoms with Crippen molar-refractivity contribution in [2.24, 2.45) is 5.73 Å². The lowest BCUT2D eigenvalue weighted by Gasteiger charge is -2.35. The van der Waals surface area contributed by atoms with Gasteiger partial charge in [0.1, 0.15) is 0 Å². The van der Waals surface area contributed by atoms with Crippen LogP contribution in [0.4, 0.5) is 0 Å². The second-order valence-corrected chi connectivity index (χ2v) is 5.61. The van der Waals surface area contributed by atoms with Gasteiger partial charge >= 0.3 is 0 Å². The van der Waals surface area contributed by atoms with Crippen molar-refractivity contribution in [1.29, 1.82) is 0 Å². The van der Waals surface area contributed by atoms with E-state index in [-0.39, 0.29) is 30.9 Å². The minimum atomic E-state index is -0.264. The highest BCUT2D eigenvalue weighted by Crippen LogP contribution is 2.15. The number of benzene rings is 1. The minimum Gasteiger partial charge on any atom is -0.332 e. The second kappa shape index (κ2) is 6.72. The summed E-state index contributed by atoms with van der Waals surface area (Å²) in [5, 5.41) is 0. The van der Waals surface area contributed by atoms with E-state index in [0.29, 0.717) is 13.1 Å². The molecule has 21 heavy (non-hydrogen) atoms. The number of piperazine rings is 1. The van der Waals surface area contributed by atoms with Crippen molar-refractivity contribution in [3.63, 3.8) is 0 Å². The normalized spacial score (nSPS) is 17.3. The van der Waals surface area contributed by atoms with E-state index in [4.69, 9.17) is 5.73 Å². The molecule has 114 valence electrons. The van der Waals surface area contributed by atoms with E-state index >= 15 is 0 Å². The molecule has 5 nitrogen and oxygen atoms in total. The number of carbonyl (C=O) groups excluding carboxylic acids is 2. The molecule has 1 aliphatic heterocycles. The van der Waals surface area contributed by atoms with Gasteiger partial charge in [0, 0.05) is 19.1 Å². The number of hydrogen-bond donors (Lipinski definition) is 1. The number of carbonyl (C=O) groups is 2. The average Bonchev–Trinajstić information content (AvgIpc) is 2.44. The molecule has 2 N–H and O–H groups in total. The first kappa shape index (κ1) is 15.5. The lowest BCUT2D eigenvalue weighted by molar-refractivity contribution is -0.150. The molecule has 5 heteroatoms. The van der Waals surface area contributed by atoms with Crippen molar-refractivity contribution < 1.29 is 9.59 Å². The van der Waals surface area contributed by atoms with Crippen LogP contribution < -0.4 is 5.73 Å². The van der Waals surface area contributed by atoms with Crippen LogP contribution >= 0.6 is 0 Å². The van der Waals surface area contributed by atoms with Crippen LogP contribution in [0.2, 0.25) is 0 Å². The summed E-state index contributed by atoms with van der Waals surface area (Å²) in [5.41, 5.74) is 8.31. The van der Waals surface area contributed by atoms with Crippen molar-refractivity contribution in [3.05, 3.63) is 35.4 Å². The maximum Gasteiger partial charge on any atom is 0.242 e. The van der Waals surface area contributed by atoms with E-state index in [9.17, 15) is 9.59 Å². The fourth-order valence-corrected chi connectivity index (χ4v) is 2.59. The van der Waals surface area contributed by atoms with Crippen LogP contribution in [0.1, 0.15) is 30.5 Å². The Bertz CT molecular complexity index is 530. The van der Waals surface area contributed by atoms with Gasteiger partial charge in [0.2, 0.25) is 11.8 Å². The largest absolute Gasteiger partial charge is 0.332 e. The molecule has 1 fully saturated rings. The zero-order valence-corrected chi connectivity index (χ0v) is 12.7. The maximum absolute atomic E-state index is 12.1. The lowest BCUT2D eigenvalue weighted by atomic mass is 10.0. The molecule has 0 saturated carbocycles. The van der Waals surface area contributed by atoms with Gasteiger partial charge in [-0.2, -0.15) is 0 Å². The molecule has 1 saturated heterocycles. The fourth-order valence-electron chi connectivity index (χ4n) is 2.59. The van der Waals surface area contributed by atoms with Crippen molar-refractivity contribution >= 4 is 11.8 Å². The number of rotatable bonds is 5. The minimum absolute atomic E-state index is 0.00731. The number of nitrogens with zero attached hydrogens (tertiary/aromatic N) is 2. The Kier molecular flexibility index (Phi) is 4.96. The Labute approximate surface area is 125 Å². The van der Waals surface area contributed by atoms with Gasteiger partial charge in [-0.25, -0.2) is 0 Å². The van der Waals surface area contributed by atoms with Gasteiger partial charge in [-0.3, -0.25) is 9.59 Å². The summed E-state index contributed by atoms with van der Waals surface area (Å²) in [6, 6.07) is 7.67. The van der Waals surface area contributed by atoms with Crippen LogP contribution in [-0.2, 0) is 9.59 Å². The van der Waals surface area contributed by atoms with E-state index in [2.05, 4.69) is 0 Å². The summed E-state index contributed by atoms with van der Waals surface area (Å²) in [7, 11) is 0. The fraction of sp³-hybridized carbons (Fsp3) is 0.500. The number of hydrogen-bond acceptors (Lipinski definition) is 3. The predicted molar refractivity (Wildman–Crippen MR) is 81.6 cm³/mol. The molecule has 0 spiro atoms. The van der Waals surface area contributed by atoms with Crippen molar-refractivity contribution in [2.45, 2.75) is 26.3 Å². The molecule has 1 aliphatic rings. The van der Waals surface area contributed by atoms with Crippen LogP contribution in [0.5, 0.6) is 0 Å². The maximum atomic E-state index is 12.1. The Morgan fingerprint density at radius 1 is 1.19 bits per heavy atom. The second-order valence-electron chi connectivity index (χ2n) is 5.61. The van der Waals surface area contributed by atoms with Gasteiger partial charge in [-0.15, -0.1) is 0 Å². The molecule has 0 aromatic heterocycles. The third kappa shape index (κ3) is 3.82. The summed E-state index contributed by atoms with van der Waals surface area (Å²) in [4.78, 5) is 27.3. The van der Waals surface area contributed by atoms with Gasteiger partial charge < -0.3 is 15.5 Å². The highest BCUT2D eigenvalue weighted by molar-refractivity contribution is 5.92. The van der Waals surface area contributed by atoms with Gasteiger partial charge in [0.05, 0.1) is 13.1 Å². The molecule has 2 rings (SSSR count).